The zero-order valence-electron chi connectivity index (χ0n) is 10.4. The summed E-state index contributed by atoms with van der Waals surface area (Å²) in [5.74, 6) is 2.31. The summed E-state index contributed by atoms with van der Waals surface area (Å²) in [6.45, 7) is 10.8. The molecular formula is C13H25O. The highest BCUT2D eigenvalue weighted by molar-refractivity contribution is 4.97. The maximum atomic E-state index is 10.2. The van der Waals surface area contributed by atoms with Crippen molar-refractivity contribution in [1.29, 1.82) is 0 Å². The van der Waals surface area contributed by atoms with E-state index < -0.39 is 5.60 Å². The van der Waals surface area contributed by atoms with Crippen molar-refractivity contribution in [3.05, 3.63) is 5.92 Å². The van der Waals surface area contributed by atoms with E-state index in [1.807, 2.05) is 6.92 Å². The standard InChI is InChI=1S/C13H25O/c1-10(2)8-11-6-7-13(5,14)12(3,4)9-11/h11,14H,6-9H2,1-5H3/t11-,13?/m1/s1. The highest BCUT2D eigenvalue weighted by atomic mass is 16.3. The van der Waals surface area contributed by atoms with Crippen molar-refractivity contribution in [3.63, 3.8) is 0 Å². The fourth-order valence-electron chi connectivity index (χ4n) is 2.62. The van der Waals surface area contributed by atoms with Crippen LogP contribution in [0.2, 0.25) is 0 Å². The van der Waals surface area contributed by atoms with Gasteiger partial charge in [0.2, 0.25) is 0 Å². The largest absolute Gasteiger partial charge is 0.390 e. The van der Waals surface area contributed by atoms with Crippen LogP contribution in [0.4, 0.5) is 0 Å². The van der Waals surface area contributed by atoms with Crippen molar-refractivity contribution in [2.75, 3.05) is 0 Å². The Bertz CT molecular complexity index is 191. The molecular weight excluding hydrogens is 172 g/mol. The molecule has 1 fully saturated rings. The average Bonchev–Trinajstić information content (AvgIpc) is 1.96. The van der Waals surface area contributed by atoms with Gasteiger partial charge in [-0.3, -0.25) is 0 Å². The van der Waals surface area contributed by atoms with Crippen LogP contribution in [0.3, 0.4) is 0 Å². The first-order chi connectivity index (χ1) is 6.24. The molecule has 1 heteroatoms. The third-order valence-electron chi connectivity index (χ3n) is 3.99. The molecule has 0 amide bonds. The summed E-state index contributed by atoms with van der Waals surface area (Å²) in [5.41, 5.74) is -0.392. The molecule has 14 heavy (non-hydrogen) atoms. The van der Waals surface area contributed by atoms with Crippen molar-refractivity contribution in [2.24, 2.45) is 11.3 Å². The van der Waals surface area contributed by atoms with E-state index in [0.29, 0.717) is 0 Å². The fourth-order valence-corrected chi connectivity index (χ4v) is 2.62. The van der Waals surface area contributed by atoms with Gasteiger partial charge in [-0.15, -0.1) is 0 Å². The van der Waals surface area contributed by atoms with Crippen LogP contribution in [0.1, 0.15) is 60.3 Å². The summed E-state index contributed by atoms with van der Waals surface area (Å²) in [5, 5.41) is 10.2. The monoisotopic (exact) mass is 197 g/mol. The van der Waals surface area contributed by atoms with Gasteiger partial charge in [-0.1, -0.05) is 27.7 Å². The topological polar surface area (TPSA) is 20.2 Å². The summed E-state index contributed by atoms with van der Waals surface area (Å²) in [6.07, 6.45) is 4.53. The molecule has 0 bridgehead atoms. The van der Waals surface area contributed by atoms with Gasteiger partial charge in [-0.2, -0.15) is 0 Å². The molecule has 0 aromatic carbocycles. The lowest BCUT2D eigenvalue weighted by Crippen LogP contribution is -2.46. The van der Waals surface area contributed by atoms with E-state index in [2.05, 4.69) is 27.7 Å². The lowest BCUT2D eigenvalue weighted by molar-refractivity contribution is -0.0962. The molecule has 0 saturated heterocycles. The summed E-state index contributed by atoms with van der Waals surface area (Å²) >= 11 is 0. The van der Waals surface area contributed by atoms with Crippen molar-refractivity contribution in [1.82, 2.24) is 0 Å². The molecule has 0 aliphatic heterocycles. The van der Waals surface area contributed by atoms with Crippen LogP contribution in [0.15, 0.2) is 0 Å². The Hall–Kier alpha value is -0.0400. The summed E-state index contributed by atoms with van der Waals surface area (Å²) in [7, 11) is 0. The Morgan fingerprint density at radius 3 is 2.29 bits per heavy atom. The zero-order chi connectivity index (χ0) is 11.0. The van der Waals surface area contributed by atoms with Gasteiger partial charge in [0.05, 0.1) is 5.60 Å². The van der Waals surface area contributed by atoms with Gasteiger partial charge in [0.1, 0.15) is 0 Å². The van der Waals surface area contributed by atoms with Crippen molar-refractivity contribution in [2.45, 2.75) is 65.9 Å². The van der Waals surface area contributed by atoms with Gasteiger partial charge in [-0.05, 0) is 49.9 Å². The molecule has 1 N–H and O–H groups in total. The Labute approximate surface area is 88.9 Å². The minimum absolute atomic E-state index is 0.0748. The smallest absolute Gasteiger partial charge is 0.0670 e. The van der Waals surface area contributed by atoms with Gasteiger partial charge in [0.15, 0.2) is 0 Å². The minimum atomic E-state index is -0.467. The number of hydrogen-bond donors (Lipinski definition) is 1. The fraction of sp³-hybridized carbons (Fsp3) is 0.923. The maximum Gasteiger partial charge on any atom is 0.0670 e. The van der Waals surface area contributed by atoms with Gasteiger partial charge in [0.25, 0.3) is 0 Å². The SMILES string of the molecule is C[C](C)C[C@H]1CCC(C)(O)C(C)(C)C1. The van der Waals surface area contributed by atoms with E-state index in [1.165, 1.54) is 18.8 Å². The molecule has 1 radical (unpaired) electrons. The zero-order valence-corrected chi connectivity index (χ0v) is 10.4. The quantitative estimate of drug-likeness (QED) is 0.717. The molecule has 2 atom stereocenters. The number of rotatable bonds is 2. The molecule has 1 nitrogen and oxygen atoms in total. The minimum Gasteiger partial charge on any atom is -0.390 e. The van der Waals surface area contributed by atoms with Crippen LogP contribution in [-0.4, -0.2) is 10.7 Å². The lowest BCUT2D eigenvalue weighted by Gasteiger charge is -2.47. The van der Waals surface area contributed by atoms with E-state index >= 15 is 0 Å². The lowest BCUT2D eigenvalue weighted by atomic mass is 9.62. The molecule has 0 aromatic heterocycles. The Balaban J connectivity index is 2.59. The highest BCUT2D eigenvalue weighted by Gasteiger charge is 2.44. The summed E-state index contributed by atoms with van der Waals surface area (Å²) in [4.78, 5) is 0. The highest BCUT2D eigenvalue weighted by Crippen LogP contribution is 2.47. The first-order valence-corrected chi connectivity index (χ1v) is 5.76. The predicted octanol–water partition coefficient (Wildman–Crippen LogP) is 3.57. The van der Waals surface area contributed by atoms with E-state index in [4.69, 9.17) is 0 Å². The molecule has 83 valence electrons. The predicted molar refractivity (Wildman–Crippen MR) is 61.0 cm³/mol. The molecule has 1 saturated carbocycles. The molecule has 1 aliphatic carbocycles. The van der Waals surface area contributed by atoms with Crippen LogP contribution < -0.4 is 0 Å². The molecule has 1 unspecified atom stereocenters. The van der Waals surface area contributed by atoms with Crippen molar-refractivity contribution >= 4 is 0 Å². The Morgan fingerprint density at radius 2 is 1.86 bits per heavy atom. The maximum absolute atomic E-state index is 10.2. The second-order valence-electron chi connectivity index (χ2n) is 6.18. The second kappa shape index (κ2) is 3.84. The van der Waals surface area contributed by atoms with Gasteiger partial charge in [0, 0.05) is 0 Å². The van der Waals surface area contributed by atoms with Gasteiger partial charge in [-0.25, -0.2) is 0 Å². The van der Waals surface area contributed by atoms with Gasteiger partial charge < -0.3 is 5.11 Å². The molecule has 1 rings (SSSR count). The van der Waals surface area contributed by atoms with Crippen LogP contribution in [-0.2, 0) is 0 Å². The van der Waals surface area contributed by atoms with E-state index in [9.17, 15) is 5.11 Å². The first-order valence-electron chi connectivity index (χ1n) is 5.76. The van der Waals surface area contributed by atoms with Crippen molar-refractivity contribution in [3.8, 4) is 0 Å². The Morgan fingerprint density at radius 1 is 1.29 bits per heavy atom. The first kappa shape index (κ1) is 12.0. The van der Waals surface area contributed by atoms with E-state index in [0.717, 1.165) is 18.8 Å². The third kappa shape index (κ3) is 2.50. The normalized spacial score (nSPS) is 37.5. The molecule has 0 heterocycles. The second-order valence-corrected chi connectivity index (χ2v) is 6.18. The Kier molecular flexibility index (Phi) is 3.30. The summed E-state index contributed by atoms with van der Waals surface area (Å²) < 4.78 is 0. The van der Waals surface area contributed by atoms with Crippen molar-refractivity contribution < 1.29 is 5.11 Å². The molecule has 1 aliphatic rings. The number of aliphatic hydroxyl groups is 1. The van der Waals surface area contributed by atoms with E-state index in [1.54, 1.807) is 0 Å². The third-order valence-corrected chi connectivity index (χ3v) is 3.99. The van der Waals surface area contributed by atoms with Crippen LogP contribution in [0.5, 0.6) is 0 Å². The molecule has 0 spiro atoms. The van der Waals surface area contributed by atoms with Crippen LogP contribution >= 0.6 is 0 Å². The van der Waals surface area contributed by atoms with Gasteiger partial charge >= 0.3 is 0 Å². The summed E-state index contributed by atoms with van der Waals surface area (Å²) in [6, 6.07) is 0. The van der Waals surface area contributed by atoms with Crippen LogP contribution in [0, 0.1) is 17.3 Å². The number of hydrogen-bond acceptors (Lipinski definition) is 1. The van der Waals surface area contributed by atoms with E-state index in [-0.39, 0.29) is 5.41 Å². The van der Waals surface area contributed by atoms with Crippen LogP contribution in [0.25, 0.3) is 0 Å². The molecule has 0 aromatic rings. The average molecular weight is 197 g/mol.